The first-order valence-electron chi connectivity index (χ1n) is 11.1. The highest BCUT2D eigenvalue weighted by molar-refractivity contribution is 7.13. The zero-order valence-electron chi connectivity index (χ0n) is 17.9. The number of benzene rings is 1. The molecule has 4 rings (SSSR count). The maximum absolute atomic E-state index is 13.1. The third-order valence-corrected chi connectivity index (χ3v) is 7.46. The minimum absolute atomic E-state index is 0.0223. The summed E-state index contributed by atoms with van der Waals surface area (Å²) >= 11 is 1.64. The number of hydrogen-bond donors (Lipinski definition) is 1. The van der Waals surface area contributed by atoms with Gasteiger partial charge in [0.2, 0.25) is 11.8 Å². The Morgan fingerprint density at radius 2 is 1.90 bits per heavy atom. The third-order valence-electron chi connectivity index (χ3n) is 6.48. The number of aryl methyl sites for hydroxylation is 1. The molecule has 1 N–H and O–H groups in total. The zero-order valence-corrected chi connectivity index (χ0v) is 18.7. The van der Waals surface area contributed by atoms with E-state index in [1.807, 2.05) is 17.3 Å². The van der Waals surface area contributed by atoms with Gasteiger partial charge in [0.25, 0.3) is 0 Å². The van der Waals surface area contributed by atoms with E-state index in [1.165, 1.54) is 11.3 Å². The van der Waals surface area contributed by atoms with Crippen LogP contribution in [0, 0.1) is 18.8 Å². The second kappa shape index (κ2) is 9.29. The molecule has 1 aliphatic carbocycles. The van der Waals surface area contributed by atoms with Crippen LogP contribution in [0.1, 0.15) is 56.7 Å². The van der Waals surface area contributed by atoms with E-state index in [4.69, 9.17) is 0 Å². The van der Waals surface area contributed by atoms with Gasteiger partial charge in [-0.2, -0.15) is 0 Å². The van der Waals surface area contributed by atoms with Gasteiger partial charge in [0.05, 0.1) is 16.1 Å². The Kier molecular flexibility index (Phi) is 6.52. The fourth-order valence-corrected chi connectivity index (χ4v) is 5.59. The summed E-state index contributed by atoms with van der Waals surface area (Å²) in [6.07, 6.45) is 6.20. The molecule has 1 aliphatic heterocycles. The molecule has 0 radical (unpaired) electrons. The van der Waals surface area contributed by atoms with Crippen molar-refractivity contribution in [1.82, 2.24) is 15.2 Å². The molecule has 1 saturated heterocycles. The Hall–Kier alpha value is -2.21. The van der Waals surface area contributed by atoms with E-state index in [0.717, 1.165) is 48.9 Å². The first kappa shape index (κ1) is 21.0. The van der Waals surface area contributed by atoms with E-state index in [-0.39, 0.29) is 23.8 Å². The van der Waals surface area contributed by atoms with Crippen LogP contribution in [-0.4, -0.2) is 34.3 Å². The fraction of sp³-hybridized carbons (Fsp3) is 0.542. The molecule has 1 aromatic carbocycles. The summed E-state index contributed by atoms with van der Waals surface area (Å²) < 4.78 is 0. The van der Waals surface area contributed by atoms with E-state index >= 15 is 0 Å². The molecule has 2 amide bonds. The first-order valence-corrected chi connectivity index (χ1v) is 12.0. The predicted octanol–water partition coefficient (Wildman–Crippen LogP) is 4.55. The Bertz CT molecular complexity index is 886. The van der Waals surface area contributed by atoms with Crippen LogP contribution in [0.2, 0.25) is 0 Å². The van der Waals surface area contributed by atoms with E-state index in [0.29, 0.717) is 19.0 Å². The minimum Gasteiger partial charge on any atom is -0.350 e. The Balaban J connectivity index is 1.36. The highest BCUT2D eigenvalue weighted by Crippen LogP contribution is 2.31. The Morgan fingerprint density at radius 1 is 1.17 bits per heavy atom. The van der Waals surface area contributed by atoms with Gasteiger partial charge < -0.3 is 10.2 Å². The topological polar surface area (TPSA) is 62.3 Å². The SMILES string of the molecule is Cc1ncsc1-c1ccc(CNC(=O)C2CC(C)CN2C(=O)C2CCCCC2)cc1. The summed E-state index contributed by atoms with van der Waals surface area (Å²) in [4.78, 5) is 33.4. The molecule has 2 atom stereocenters. The standard InChI is InChI=1S/C24H31N3O2S/c1-16-12-21(27(14-16)24(29)20-6-4-3-5-7-20)23(28)25-13-18-8-10-19(11-9-18)22-17(2)26-15-30-22/h8-11,15-16,20-21H,3-7,12-14H2,1-2H3,(H,25,28). The summed E-state index contributed by atoms with van der Waals surface area (Å²) in [5.41, 5.74) is 5.12. The molecule has 0 spiro atoms. The monoisotopic (exact) mass is 425 g/mol. The number of likely N-dealkylation sites (tertiary alicyclic amines) is 1. The summed E-state index contributed by atoms with van der Waals surface area (Å²) in [5, 5.41) is 3.07. The van der Waals surface area contributed by atoms with E-state index in [1.54, 1.807) is 11.3 Å². The number of hydrogen-bond acceptors (Lipinski definition) is 4. The molecule has 2 unspecified atom stereocenters. The molecule has 0 bridgehead atoms. The number of nitrogens with zero attached hydrogens (tertiary/aromatic N) is 2. The molecule has 2 heterocycles. The predicted molar refractivity (Wildman–Crippen MR) is 120 cm³/mol. The van der Waals surface area contributed by atoms with Crippen LogP contribution < -0.4 is 5.32 Å². The zero-order chi connectivity index (χ0) is 21.1. The molecule has 2 aromatic rings. The normalized spacial score (nSPS) is 22.3. The van der Waals surface area contributed by atoms with Crippen molar-refractivity contribution in [2.24, 2.45) is 11.8 Å². The lowest BCUT2D eigenvalue weighted by molar-refractivity contribution is -0.142. The summed E-state index contributed by atoms with van der Waals surface area (Å²) in [6, 6.07) is 7.94. The molecule has 6 heteroatoms. The van der Waals surface area contributed by atoms with Crippen LogP contribution in [0.15, 0.2) is 29.8 Å². The van der Waals surface area contributed by atoms with Gasteiger partial charge in [-0.25, -0.2) is 4.98 Å². The maximum Gasteiger partial charge on any atom is 0.243 e. The molecule has 30 heavy (non-hydrogen) atoms. The van der Waals surface area contributed by atoms with E-state index in [9.17, 15) is 9.59 Å². The molecule has 2 fully saturated rings. The highest BCUT2D eigenvalue weighted by atomic mass is 32.1. The van der Waals surface area contributed by atoms with Crippen molar-refractivity contribution in [3.05, 3.63) is 41.0 Å². The Labute approximate surface area is 182 Å². The molecule has 160 valence electrons. The third kappa shape index (κ3) is 4.59. The first-order chi connectivity index (χ1) is 14.5. The molecule has 2 aliphatic rings. The molecule has 1 saturated carbocycles. The van der Waals surface area contributed by atoms with Crippen molar-refractivity contribution in [3.63, 3.8) is 0 Å². The second-order valence-electron chi connectivity index (χ2n) is 8.86. The quantitative estimate of drug-likeness (QED) is 0.764. The number of rotatable bonds is 5. The summed E-state index contributed by atoms with van der Waals surface area (Å²) in [7, 11) is 0. The van der Waals surface area contributed by atoms with Gasteiger partial charge in [0.1, 0.15) is 6.04 Å². The van der Waals surface area contributed by atoms with Crippen LogP contribution in [0.25, 0.3) is 10.4 Å². The largest absolute Gasteiger partial charge is 0.350 e. The van der Waals surface area contributed by atoms with Gasteiger partial charge in [-0.1, -0.05) is 50.5 Å². The summed E-state index contributed by atoms with van der Waals surface area (Å²) in [6.45, 7) is 5.34. The van der Waals surface area contributed by atoms with Gasteiger partial charge in [-0.15, -0.1) is 11.3 Å². The number of carbonyl (C=O) groups is 2. The fourth-order valence-electron chi connectivity index (χ4n) is 4.78. The number of amides is 2. The Morgan fingerprint density at radius 3 is 2.57 bits per heavy atom. The van der Waals surface area contributed by atoms with Crippen LogP contribution >= 0.6 is 11.3 Å². The number of carbonyl (C=O) groups excluding carboxylic acids is 2. The number of nitrogens with one attached hydrogen (secondary N) is 1. The van der Waals surface area contributed by atoms with Gasteiger partial charge in [-0.3, -0.25) is 9.59 Å². The van der Waals surface area contributed by atoms with Crippen molar-refractivity contribution in [3.8, 4) is 10.4 Å². The highest BCUT2D eigenvalue weighted by Gasteiger charge is 2.40. The second-order valence-corrected chi connectivity index (χ2v) is 9.72. The van der Waals surface area contributed by atoms with Crippen molar-refractivity contribution in [2.45, 2.75) is 65.0 Å². The number of aromatic nitrogens is 1. The summed E-state index contributed by atoms with van der Waals surface area (Å²) in [5.74, 6) is 0.659. The van der Waals surface area contributed by atoms with Crippen molar-refractivity contribution in [2.75, 3.05) is 6.54 Å². The number of thiazole rings is 1. The van der Waals surface area contributed by atoms with Crippen LogP contribution in [-0.2, 0) is 16.1 Å². The van der Waals surface area contributed by atoms with Gasteiger partial charge in [0, 0.05) is 19.0 Å². The van der Waals surface area contributed by atoms with E-state index in [2.05, 4.69) is 41.5 Å². The van der Waals surface area contributed by atoms with Gasteiger partial charge >= 0.3 is 0 Å². The van der Waals surface area contributed by atoms with Crippen LogP contribution in [0.3, 0.4) is 0 Å². The molecule has 5 nitrogen and oxygen atoms in total. The lowest BCUT2D eigenvalue weighted by atomic mass is 9.88. The smallest absolute Gasteiger partial charge is 0.243 e. The van der Waals surface area contributed by atoms with Crippen molar-refractivity contribution >= 4 is 23.2 Å². The van der Waals surface area contributed by atoms with Crippen LogP contribution in [0.5, 0.6) is 0 Å². The average Bonchev–Trinajstić information content (AvgIpc) is 3.38. The van der Waals surface area contributed by atoms with E-state index < -0.39 is 0 Å². The average molecular weight is 426 g/mol. The lowest BCUT2D eigenvalue weighted by Crippen LogP contribution is -2.48. The minimum atomic E-state index is -0.325. The van der Waals surface area contributed by atoms with Gasteiger partial charge in [0.15, 0.2) is 0 Å². The van der Waals surface area contributed by atoms with Crippen molar-refractivity contribution < 1.29 is 9.59 Å². The maximum atomic E-state index is 13.1. The van der Waals surface area contributed by atoms with Gasteiger partial charge in [-0.05, 0) is 43.2 Å². The molecular weight excluding hydrogens is 394 g/mol. The molecule has 1 aromatic heterocycles. The lowest BCUT2D eigenvalue weighted by Gasteiger charge is -2.30. The van der Waals surface area contributed by atoms with Crippen LogP contribution in [0.4, 0.5) is 0 Å². The van der Waals surface area contributed by atoms with Crippen molar-refractivity contribution in [1.29, 1.82) is 0 Å². The molecular formula is C24H31N3O2S.